The van der Waals surface area contributed by atoms with Crippen molar-refractivity contribution in [2.75, 3.05) is 52.5 Å². The van der Waals surface area contributed by atoms with Crippen LogP contribution in [0.2, 0.25) is 0 Å². The highest BCUT2D eigenvalue weighted by atomic mass is 16.5. The van der Waals surface area contributed by atoms with Crippen molar-refractivity contribution in [1.29, 1.82) is 0 Å². The first-order chi connectivity index (χ1) is 8.36. The van der Waals surface area contributed by atoms with Crippen molar-refractivity contribution in [3.05, 3.63) is 0 Å². The molecule has 0 saturated carbocycles. The standard InChI is InChI=1S/C12H24N4O/c13-12(16-5-2-1-3-6-16)14-4-7-15-8-10-17-11-9-15/h1-11H2,(H2,13,14). The Morgan fingerprint density at radius 1 is 1.06 bits per heavy atom. The number of ether oxygens (including phenoxy) is 1. The molecule has 17 heavy (non-hydrogen) atoms. The predicted molar refractivity (Wildman–Crippen MR) is 69.2 cm³/mol. The van der Waals surface area contributed by atoms with Crippen LogP contribution >= 0.6 is 0 Å². The van der Waals surface area contributed by atoms with E-state index in [4.69, 9.17) is 10.5 Å². The van der Waals surface area contributed by atoms with Crippen LogP contribution in [0.3, 0.4) is 0 Å². The summed E-state index contributed by atoms with van der Waals surface area (Å²) in [6.45, 7) is 7.72. The Morgan fingerprint density at radius 2 is 1.76 bits per heavy atom. The van der Waals surface area contributed by atoms with Crippen molar-refractivity contribution in [3.8, 4) is 0 Å². The fraction of sp³-hybridized carbons (Fsp3) is 0.917. The number of hydrogen-bond donors (Lipinski definition) is 1. The minimum atomic E-state index is 0.734. The quantitative estimate of drug-likeness (QED) is 0.562. The van der Waals surface area contributed by atoms with E-state index in [9.17, 15) is 0 Å². The zero-order valence-electron chi connectivity index (χ0n) is 10.6. The Hall–Kier alpha value is -0.810. The van der Waals surface area contributed by atoms with Gasteiger partial charge in [0.25, 0.3) is 0 Å². The molecule has 0 bridgehead atoms. The Morgan fingerprint density at radius 3 is 2.47 bits per heavy atom. The van der Waals surface area contributed by atoms with Crippen LogP contribution in [-0.4, -0.2) is 68.2 Å². The molecule has 2 saturated heterocycles. The monoisotopic (exact) mass is 240 g/mol. The van der Waals surface area contributed by atoms with E-state index in [-0.39, 0.29) is 0 Å². The van der Waals surface area contributed by atoms with Crippen LogP contribution in [0.5, 0.6) is 0 Å². The van der Waals surface area contributed by atoms with Gasteiger partial charge in [-0.1, -0.05) is 0 Å². The maximum absolute atomic E-state index is 6.00. The number of hydrogen-bond acceptors (Lipinski definition) is 3. The smallest absolute Gasteiger partial charge is 0.191 e. The maximum Gasteiger partial charge on any atom is 0.191 e. The fourth-order valence-corrected chi connectivity index (χ4v) is 2.35. The minimum absolute atomic E-state index is 0.734. The minimum Gasteiger partial charge on any atom is -0.379 e. The number of guanidine groups is 1. The molecule has 2 heterocycles. The predicted octanol–water partition coefficient (Wildman–Crippen LogP) is 0.119. The molecule has 0 unspecified atom stereocenters. The molecule has 0 aromatic heterocycles. The van der Waals surface area contributed by atoms with Crippen LogP contribution in [0, 0.1) is 0 Å². The van der Waals surface area contributed by atoms with Gasteiger partial charge in [-0.15, -0.1) is 0 Å². The average Bonchev–Trinajstić information content (AvgIpc) is 2.41. The molecule has 2 fully saturated rings. The Kier molecular flexibility index (Phi) is 5.07. The van der Waals surface area contributed by atoms with Gasteiger partial charge in [-0.05, 0) is 19.3 Å². The summed E-state index contributed by atoms with van der Waals surface area (Å²) in [4.78, 5) is 9.08. The molecule has 0 aromatic rings. The molecule has 0 atom stereocenters. The van der Waals surface area contributed by atoms with E-state index >= 15 is 0 Å². The van der Waals surface area contributed by atoms with Crippen molar-refractivity contribution in [2.24, 2.45) is 10.7 Å². The summed E-state index contributed by atoms with van der Waals surface area (Å²) in [5, 5.41) is 0. The first-order valence-electron chi connectivity index (χ1n) is 6.71. The summed E-state index contributed by atoms with van der Waals surface area (Å²) >= 11 is 0. The Labute approximate surface area is 104 Å². The lowest BCUT2D eigenvalue weighted by Gasteiger charge is -2.28. The van der Waals surface area contributed by atoms with Gasteiger partial charge in [-0.25, -0.2) is 0 Å². The summed E-state index contributed by atoms with van der Waals surface area (Å²) in [5.41, 5.74) is 6.00. The molecule has 5 nitrogen and oxygen atoms in total. The summed E-state index contributed by atoms with van der Waals surface area (Å²) in [7, 11) is 0. The first kappa shape index (κ1) is 12.6. The van der Waals surface area contributed by atoms with Gasteiger partial charge < -0.3 is 15.4 Å². The van der Waals surface area contributed by atoms with Gasteiger partial charge in [-0.2, -0.15) is 0 Å². The molecule has 0 spiro atoms. The van der Waals surface area contributed by atoms with Gasteiger partial charge in [0, 0.05) is 32.7 Å². The Bertz CT molecular complexity index is 245. The van der Waals surface area contributed by atoms with E-state index in [1.807, 2.05) is 0 Å². The van der Waals surface area contributed by atoms with E-state index < -0.39 is 0 Å². The van der Waals surface area contributed by atoms with E-state index in [0.717, 1.165) is 58.4 Å². The second kappa shape index (κ2) is 6.81. The largest absolute Gasteiger partial charge is 0.379 e. The van der Waals surface area contributed by atoms with Gasteiger partial charge in [-0.3, -0.25) is 9.89 Å². The molecule has 0 radical (unpaired) electrons. The van der Waals surface area contributed by atoms with Gasteiger partial charge in [0.2, 0.25) is 0 Å². The molecule has 2 N–H and O–H groups in total. The number of likely N-dealkylation sites (tertiary alicyclic amines) is 1. The van der Waals surface area contributed by atoms with Gasteiger partial charge in [0.1, 0.15) is 0 Å². The lowest BCUT2D eigenvalue weighted by Crippen LogP contribution is -2.42. The van der Waals surface area contributed by atoms with Crippen LogP contribution in [-0.2, 0) is 4.74 Å². The highest BCUT2D eigenvalue weighted by Crippen LogP contribution is 2.07. The normalized spacial score (nSPS) is 24.0. The number of piperidine rings is 1. The molecular formula is C12H24N4O. The van der Waals surface area contributed by atoms with Crippen LogP contribution in [0.1, 0.15) is 19.3 Å². The summed E-state index contributed by atoms with van der Waals surface area (Å²) in [5.74, 6) is 0.734. The van der Waals surface area contributed by atoms with Crippen LogP contribution in [0.25, 0.3) is 0 Å². The third-order valence-corrected chi connectivity index (χ3v) is 3.47. The zero-order chi connectivity index (χ0) is 11.9. The molecule has 0 amide bonds. The van der Waals surface area contributed by atoms with E-state index in [1.54, 1.807) is 0 Å². The SMILES string of the molecule is NC(=NCCN1CCOCC1)N1CCCCC1. The van der Waals surface area contributed by atoms with Gasteiger partial charge >= 0.3 is 0 Å². The third kappa shape index (κ3) is 4.16. The highest BCUT2D eigenvalue weighted by Gasteiger charge is 2.12. The molecule has 2 aliphatic heterocycles. The molecule has 2 aliphatic rings. The van der Waals surface area contributed by atoms with Gasteiger partial charge in [0.15, 0.2) is 5.96 Å². The van der Waals surface area contributed by atoms with E-state index in [2.05, 4.69) is 14.8 Å². The molecule has 98 valence electrons. The highest BCUT2D eigenvalue weighted by molar-refractivity contribution is 5.78. The summed E-state index contributed by atoms with van der Waals surface area (Å²) < 4.78 is 5.31. The molecule has 2 rings (SSSR count). The van der Waals surface area contributed by atoms with Crippen molar-refractivity contribution in [3.63, 3.8) is 0 Å². The van der Waals surface area contributed by atoms with Gasteiger partial charge in [0.05, 0.1) is 19.8 Å². The molecular weight excluding hydrogens is 216 g/mol. The van der Waals surface area contributed by atoms with Crippen LogP contribution in [0.15, 0.2) is 4.99 Å². The average molecular weight is 240 g/mol. The van der Waals surface area contributed by atoms with Crippen molar-refractivity contribution < 1.29 is 4.74 Å². The van der Waals surface area contributed by atoms with Crippen molar-refractivity contribution >= 4 is 5.96 Å². The lowest BCUT2D eigenvalue weighted by atomic mass is 10.1. The Balaban J connectivity index is 1.67. The van der Waals surface area contributed by atoms with Crippen molar-refractivity contribution in [1.82, 2.24) is 9.80 Å². The van der Waals surface area contributed by atoms with Crippen LogP contribution < -0.4 is 5.73 Å². The molecule has 0 aliphatic carbocycles. The van der Waals surface area contributed by atoms with Crippen molar-refractivity contribution in [2.45, 2.75) is 19.3 Å². The lowest BCUT2D eigenvalue weighted by molar-refractivity contribution is 0.0394. The number of aliphatic imine (C=N–C) groups is 1. The second-order valence-electron chi connectivity index (χ2n) is 4.74. The topological polar surface area (TPSA) is 54.1 Å². The summed E-state index contributed by atoms with van der Waals surface area (Å²) in [6, 6.07) is 0. The summed E-state index contributed by atoms with van der Waals surface area (Å²) in [6.07, 6.45) is 3.83. The third-order valence-electron chi connectivity index (χ3n) is 3.47. The molecule has 5 heteroatoms. The number of nitrogens with two attached hydrogens (primary N) is 1. The molecule has 0 aromatic carbocycles. The maximum atomic E-state index is 6.00. The number of nitrogens with zero attached hydrogens (tertiary/aromatic N) is 3. The van der Waals surface area contributed by atoms with E-state index in [1.165, 1.54) is 19.3 Å². The number of rotatable bonds is 3. The first-order valence-corrected chi connectivity index (χ1v) is 6.71. The number of morpholine rings is 1. The van der Waals surface area contributed by atoms with E-state index in [0.29, 0.717) is 0 Å². The zero-order valence-corrected chi connectivity index (χ0v) is 10.6. The second-order valence-corrected chi connectivity index (χ2v) is 4.74. The fourth-order valence-electron chi connectivity index (χ4n) is 2.35. The van der Waals surface area contributed by atoms with Crippen LogP contribution in [0.4, 0.5) is 0 Å².